The van der Waals surface area contributed by atoms with Crippen LogP contribution in [0.3, 0.4) is 0 Å². The van der Waals surface area contributed by atoms with E-state index in [4.69, 9.17) is 4.74 Å². The van der Waals surface area contributed by atoms with Crippen molar-refractivity contribution in [3.05, 3.63) is 83.3 Å². The first-order valence-electron chi connectivity index (χ1n) is 9.36. The molecule has 1 unspecified atom stereocenters. The second-order valence-electron chi connectivity index (χ2n) is 6.81. The van der Waals surface area contributed by atoms with Gasteiger partial charge in [-0.05, 0) is 17.2 Å². The number of nitrogens with zero attached hydrogens (tertiary/aromatic N) is 4. The molecule has 4 aromatic rings. The fourth-order valence-electron chi connectivity index (χ4n) is 3.30. The topological polar surface area (TPSA) is 88.8 Å². The van der Waals surface area contributed by atoms with Crippen molar-refractivity contribution in [1.29, 1.82) is 0 Å². The fraction of sp³-hybridized carbons (Fsp3) is 0.143. The molecular weight excluding hydrogens is 402 g/mol. The normalized spacial score (nSPS) is 16.1. The molecule has 0 bridgehead atoms. The van der Waals surface area contributed by atoms with Crippen LogP contribution in [0.5, 0.6) is 0 Å². The van der Waals surface area contributed by atoms with Crippen LogP contribution in [-0.4, -0.2) is 32.9 Å². The molecule has 0 spiro atoms. The summed E-state index contributed by atoms with van der Waals surface area (Å²) in [7, 11) is 0. The number of benzene rings is 1. The molecule has 1 fully saturated rings. The zero-order chi connectivity index (χ0) is 20.5. The summed E-state index contributed by atoms with van der Waals surface area (Å²) in [6.45, 7) is 0.740. The van der Waals surface area contributed by atoms with Gasteiger partial charge in [0.25, 0.3) is 5.91 Å². The molecule has 8 nitrogen and oxygen atoms in total. The van der Waals surface area contributed by atoms with E-state index >= 15 is 0 Å². The maximum absolute atomic E-state index is 12.5. The van der Waals surface area contributed by atoms with Crippen LogP contribution in [0.4, 0.5) is 9.93 Å². The summed E-state index contributed by atoms with van der Waals surface area (Å²) in [6, 6.07) is 13.4. The molecule has 5 rings (SSSR count). The number of hydrogen-bond donors (Lipinski definition) is 1. The van der Waals surface area contributed by atoms with Crippen LogP contribution in [0.2, 0.25) is 0 Å². The minimum Gasteiger partial charge on any atom is -0.439 e. The molecule has 1 aromatic carbocycles. The molecule has 0 radical (unpaired) electrons. The van der Waals surface area contributed by atoms with Gasteiger partial charge in [0.05, 0.1) is 12.7 Å². The number of imidazole rings is 1. The van der Waals surface area contributed by atoms with Gasteiger partial charge in [-0.2, -0.15) is 0 Å². The van der Waals surface area contributed by atoms with Crippen molar-refractivity contribution in [1.82, 2.24) is 19.7 Å². The first-order valence-corrected chi connectivity index (χ1v) is 10.2. The van der Waals surface area contributed by atoms with E-state index in [9.17, 15) is 9.59 Å². The Morgan fingerprint density at radius 2 is 2.07 bits per heavy atom. The van der Waals surface area contributed by atoms with E-state index in [1.807, 2.05) is 59.3 Å². The van der Waals surface area contributed by atoms with E-state index in [1.165, 1.54) is 22.4 Å². The van der Waals surface area contributed by atoms with Gasteiger partial charge in [0.2, 0.25) is 0 Å². The summed E-state index contributed by atoms with van der Waals surface area (Å²) in [5, 5.41) is 3.33. The maximum Gasteiger partial charge on any atom is 0.416 e. The van der Waals surface area contributed by atoms with Crippen LogP contribution in [0.15, 0.2) is 67.3 Å². The number of fused-ring (bicyclic) bond motifs is 1. The molecule has 150 valence electrons. The van der Waals surface area contributed by atoms with E-state index in [-0.39, 0.29) is 12.0 Å². The Hall–Kier alpha value is -3.72. The first kappa shape index (κ1) is 18.3. The Labute approximate surface area is 175 Å². The van der Waals surface area contributed by atoms with Crippen molar-refractivity contribution in [2.75, 3.05) is 11.4 Å². The van der Waals surface area contributed by atoms with Crippen molar-refractivity contribution in [2.45, 2.75) is 12.6 Å². The number of ether oxygens (including phenoxy) is 1. The number of hydrogen-bond acceptors (Lipinski definition) is 6. The fourth-order valence-corrected chi connectivity index (χ4v) is 4.13. The van der Waals surface area contributed by atoms with Gasteiger partial charge >= 0.3 is 6.09 Å². The summed E-state index contributed by atoms with van der Waals surface area (Å²) < 4.78 is 7.36. The minimum atomic E-state index is -0.459. The van der Waals surface area contributed by atoms with Crippen molar-refractivity contribution >= 4 is 34.1 Å². The number of pyridine rings is 1. The molecule has 3 aromatic heterocycles. The Morgan fingerprint density at radius 3 is 2.93 bits per heavy atom. The average Bonchev–Trinajstić information content (AvgIpc) is 3.51. The number of carbonyl (C=O) groups is 2. The van der Waals surface area contributed by atoms with Gasteiger partial charge in [-0.3, -0.25) is 4.79 Å². The molecule has 1 aliphatic rings. The molecule has 30 heavy (non-hydrogen) atoms. The zero-order valence-electron chi connectivity index (χ0n) is 15.8. The number of aromatic nitrogens is 3. The van der Waals surface area contributed by atoms with Gasteiger partial charge in [-0.25, -0.2) is 19.7 Å². The highest BCUT2D eigenvalue weighted by molar-refractivity contribution is 7.17. The first-order chi connectivity index (χ1) is 14.7. The molecular formula is C21H17N5O3S. The number of nitrogens with one attached hydrogen (secondary N) is 1. The molecule has 1 atom stereocenters. The Balaban J connectivity index is 1.24. The lowest BCUT2D eigenvalue weighted by Gasteiger charge is -2.08. The van der Waals surface area contributed by atoms with Crippen LogP contribution in [-0.2, 0) is 11.3 Å². The quantitative estimate of drug-likeness (QED) is 0.535. The van der Waals surface area contributed by atoms with Gasteiger partial charge in [-0.15, -0.1) is 0 Å². The molecule has 4 heterocycles. The highest BCUT2D eigenvalue weighted by atomic mass is 32.1. The van der Waals surface area contributed by atoms with Crippen LogP contribution in [0.25, 0.3) is 5.65 Å². The van der Waals surface area contributed by atoms with Gasteiger partial charge in [-0.1, -0.05) is 47.7 Å². The van der Waals surface area contributed by atoms with Gasteiger partial charge in [0, 0.05) is 25.1 Å². The highest BCUT2D eigenvalue weighted by Crippen LogP contribution is 2.32. The third-order valence-electron chi connectivity index (χ3n) is 4.83. The molecule has 0 aliphatic carbocycles. The lowest BCUT2D eigenvalue weighted by molar-refractivity contribution is 0.0954. The Bertz CT molecular complexity index is 1220. The predicted molar refractivity (Wildman–Crippen MR) is 111 cm³/mol. The van der Waals surface area contributed by atoms with Crippen LogP contribution in [0.1, 0.15) is 26.9 Å². The minimum absolute atomic E-state index is 0.239. The summed E-state index contributed by atoms with van der Waals surface area (Å²) in [4.78, 5) is 35.2. The largest absolute Gasteiger partial charge is 0.439 e. The van der Waals surface area contributed by atoms with Crippen LogP contribution in [0, 0.1) is 0 Å². The lowest BCUT2D eigenvalue weighted by atomic mass is 10.1. The van der Waals surface area contributed by atoms with Crippen molar-refractivity contribution < 1.29 is 14.3 Å². The summed E-state index contributed by atoms with van der Waals surface area (Å²) >= 11 is 1.17. The van der Waals surface area contributed by atoms with Gasteiger partial charge in [0.15, 0.2) is 5.13 Å². The van der Waals surface area contributed by atoms with E-state index in [0.29, 0.717) is 23.1 Å². The molecule has 2 amide bonds. The van der Waals surface area contributed by atoms with Crippen molar-refractivity contribution in [3.8, 4) is 0 Å². The second kappa shape index (κ2) is 7.60. The third-order valence-corrected chi connectivity index (χ3v) is 5.85. The number of amides is 2. The standard InChI is InChI=1S/C21H17N5O3S/c27-19(23-10-14-6-7-18-22-8-9-25(18)12-14)17-11-24-20(30-17)26-13-16(29-21(26)28)15-4-2-1-3-5-15/h1-9,11-12,16H,10,13H2,(H,23,27). The van der Waals surface area contributed by atoms with Crippen molar-refractivity contribution in [3.63, 3.8) is 0 Å². The van der Waals surface area contributed by atoms with Crippen LogP contribution < -0.4 is 10.2 Å². The number of cyclic esters (lactones) is 1. The highest BCUT2D eigenvalue weighted by Gasteiger charge is 2.35. The summed E-state index contributed by atoms with van der Waals surface area (Å²) in [6.07, 6.45) is 6.18. The maximum atomic E-state index is 12.5. The smallest absolute Gasteiger partial charge is 0.416 e. The predicted octanol–water partition coefficient (Wildman–Crippen LogP) is 3.42. The monoisotopic (exact) mass is 419 g/mol. The lowest BCUT2D eigenvalue weighted by Crippen LogP contribution is -2.23. The average molecular weight is 419 g/mol. The molecule has 1 saturated heterocycles. The number of rotatable bonds is 5. The Morgan fingerprint density at radius 1 is 1.20 bits per heavy atom. The van der Waals surface area contributed by atoms with Gasteiger partial charge < -0.3 is 14.5 Å². The molecule has 9 heteroatoms. The Kier molecular flexibility index (Phi) is 4.64. The van der Waals surface area contributed by atoms with E-state index in [2.05, 4.69) is 15.3 Å². The SMILES string of the molecule is O=C(NCc1ccc2nccn2c1)c1cnc(N2CC(c3ccccc3)OC2=O)s1. The molecule has 1 N–H and O–H groups in total. The number of carbonyl (C=O) groups excluding carboxylic acids is 2. The summed E-state index contributed by atoms with van der Waals surface area (Å²) in [5.74, 6) is -0.239. The molecule has 0 saturated carbocycles. The zero-order valence-corrected chi connectivity index (χ0v) is 16.6. The van der Waals surface area contributed by atoms with Gasteiger partial charge in [0.1, 0.15) is 16.6 Å². The van der Waals surface area contributed by atoms with E-state index in [0.717, 1.165) is 16.8 Å². The van der Waals surface area contributed by atoms with E-state index < -0.39 is 6.09 Å². The van der Waals surface area contributed by atoms with Crippen molar-refractivity contribution in [2.24, 2.45) is 0 Å². The summed E-state index contributed by atoms with van der Waals surface area (Å²) in [5.41, 5.74) is 2.73. The second-order valence-corrected chi connectivity index (χ2v) is 7.82. The van der Waals surface area contributed by atoms with E-state index in [1.54, 1.807) is 6.20 Å². The third kappa shape index (κ3) is 3.50. The van der Waals surface area contributed by atoms with Crippen LogP contribution >= 0.6 is 11.3 Å². The number of anilines is 1. The molecule has 1 aliphatic heterocycles. The number of thiazole rings is 1.